The van der Waals surface area contributed by atoms with Gasteiger partial charge in [0, 0.05) is 5.92 Å². The van der Waals surface area contributed by atoms with Gasteiger partial charge in [0.15, 0.2) is 0 Å². The summed E-state index contributed by atoms with van der Waals surface area (Å²) >= 11 is 0. The molecule has 1 aromatic carbocycles. The number of hydrogen-bond acceptors (Lipinski definition) is 4. The summed E-state index contributed by atoms with van der Waals surface area (Å²) in [7, 11) is 0. The van der Waals surface area contributed by atoms with Crippen LogP contribution in [0.2, 0.25) is 0 Å². The molecule has 1 N–H and O–H groups in total. The number of cyclic esters (lactones) is 1. The van der Waals surface area contributed by atoms with E-state index in [1.165, 1.54) is 0 Å². The van der Waals surface area contributed by atoms with Crippen LogP contribution in [0.5, 0.6) is 0 Å². The fraction of sp³-hybridized carbons (Fsp3) is 0.579. The molecule has 1 aliphatic rings. The maximum absolute atomic E-state index is 12.2. The second-order valence-corrected chi connectivity index (χ2v) is 7.15. The Labute approximate surface area is 143 Å². The summed E-state index contributed by atoms with van der Waals surface area (Å²) in [6.45, 7) is 8.25. The largest absolute Gasteiger partial charge is 0.457 e. The molecule has 1 saturated heterocycles. The molecule has 0 radical (unpaired) electrons. The van der Waals surface area contributed by atoms with Gasteiger partial charge in [-0.05, 0) is 24.8 Å². The van der Waals surface area contributed by atoms with E-state index in [0.29, 0.717) is 18.8 Å². The molecule has 5 heteroatoms. The van der Waals surface area contributed by atoms with Gasteiger partial charge < -0.3 is 14.8 Å². The van der Waals surface area contributed by atoms with Crippen molar-refractivity contribution in [2.24, 2.45) is 11.8 Å². The first-order valence-electron chi connectivity index (χ1n) is 8.50. The van der Waals surface area contributed by atoms with E-state index in [1.807, 2.05) is 44.2 Å². The first-order valence-corrected chi connectivity index (χ1v) is 8.50. The SMILES string of the molecule is CC(C)C[C@H](NC(=O)OCc1ccccc1)[C@@]1(C)OC(=O)C[C@@H]1C. The fourth-order valence-corrected chi connectivity index (χ4v) is 3.07. The molecule has 24 heavy (non-hydrogen) atoms. The lowest BCUT2D eigenvalue weighted by atomic mass is 9.80. The third kappa shape index (κ3) is 4.49. The third-order valence-electron chi connectivity index (χ3n) is 4.69. The van der Waals surface area contributed by atoms with Gasteiger partial charge >= 0.3 is 12.1 Å². The molecule has 0 spiro atoms. The quantitative estimate of drug-likeness (QED) is 0.807. The molecular weight excluding hydrogens is 306 g/mol. The van der Waals surface area contributed by atoms with Crippen molar-refractivity contribution in [3.63, 3.8) is 0 Å². The average Bonchev–Trinajstić information content (AvgIpc) is 2.79. The number of esters is 1. The minimum Gasteiger partial charge on any atom is -0.457 e. The Balaban J connectivity index is 2.00. The molecule has 0 aromatic heterocycles. The highest BCUT2D eigenvalue weighted by Gasteiger charge is 2.49. The highest BCUT2D eigenvalue weighted by Crippen LogP contribution is 2.37. The summed E-state index contributed by atoms with van der Waals surface area (Å²) in [6, 6.07) is 9.25. The molecular formula is C19H27NO4. The van der Waals surface area contributed by atoms with Crippen molar-refractivity contribution in [2.75, 3.05) is 0 Å². The van der Waals surface area contributed by atoms with E-state index in [0.717, 1.165) is 5.56 Å². The Morgan fingerprint density at radius 3 is 2.58 bits per heavy atom. The maximum atomic E-state index is 12.2. The van der Waals surface area contributed by atoms with E-state index in [9.17, 15) is 9.59 Å². The number of carbonyl (C=O) groups excluding carboxylic acids is 2. The van der Waals surface area contributed by atoms with Gasteiger partial charge in [0.25, 0.3) is 0 Å². The molecule has 0 saturated carbocycles. The average molecular weight is 333 g/mol. The molecule has 1 heterocycles. The van der Waals surface area contributed by atoms with Gasteiger partial charge in [-0.2, -0.15) is 0 Å². The zero-order chi connectivity index (χ0) is 17.7. The highest BCUT2D eigenvalue weighted by molar-refractivity contribution is 5.73. The summed E-state index contributed by atoms with van der Waals surface area (Å²) in [5, 5.41) is 2.91. The van der Waals surface area contributed by atoms with Gasteiger partial charge in [-0.1, -0.05) is 51.1 Å². The van der Waals surface area contributed by atoms with E-state index < -0.39 is 11.7 Å². The van der Waals surface area contributed by atoms with Crippen LogP contribution in [0.1, 0.15) is 46.1 Å². The molecule has 2 rings (SSSR count). The summed E-state index contributed by atoms with van der Waals surface area (Å²) in [4.78, 5) is 23.9. The smallest absolute Gasteiger partial charge is 0.407 e. The van der Waals surface area contributed by atoms with E-state index in [4.69, 9.17) is 9.47 Å². The number of hydrogen-bond donors (Lipinski definition) is 1. The highest BCUT2D eigenvalue weighted by atomic mass is 16.6. The normalized spacial score (nSPS) is 24.5. The standard InChI is InChI=1S/C19H27NO4/c1-13(2)10-16(19(4)14(3)11-17(21)24-19)20-18(22)23-12-15-8-6-5-7-9-15/h5-9,13-14,16H,10-12H2,1-4H3,(H,20,22)/t14-,16-,19-/m0/s1. The molecule has 1 aromatic rings. The lowest BCUT2D eigenvalue weighted by molar-refractivity contribution is -0.150. The molecule has 3 atom stereocenters. The van der Waals surface area contributed by atoms with E-state index in [-0.39, 0.29) is 24.5 Å². The monoisotopic (exact) mass is 333 g/mol. The Kier molecular flexibility index (Phi) is 5.86. The molecule has 0 aliphatic carbocycles. The Morgan fingerprint density at radius 1 is 1.38 bits per heavy atom. The van der Waals surface area contributed by atoms with Crippen LogP contribution in [0.25, 0.3) is 0 Å². The van der Waals surface area contributed by atoms with Crippen LogP contribution in [-0.2, 0) is 20.9 Å². The van der Waals surface area contributed by atoms with Crippen molar-refractivity contribution in [2.45, 2.75) is 58.8 Å². The lowest BCUT2D eigenvalue weighted by Crippen LogP contribution is -2.54. The number of ether oxygens (including phenoxy) is 2. The number of rotatable bonds is 6. The van der Waals surface area contributed by atoms with Gasteiger partial charge in [-0.3, -0.25) is 4.79 Å². The van der Waals surface area contributed by atoms with Crippen LogP contribution in [-0.4, -0.2) is 23.7 Å². The number of nitrogens with one attached hydrogen (secondary N) is 1. The van der Waals surface area contributed by atoms with Crippen LogP contribution < -0.4 is 5.32 Å². The number of alkyl carbamates (subject to hydrolysis) is 1. The molecule has 132 valence electrons. The fourth-order valence-electron chi connectivity index (χ4n) is 3.07. The predicted molar refractivity (Wildman–Crippen MR) is 91.3 cm³/mol. The summed E-state index contributed by atoms with van der Waals surface area (Å²) in [5.41, 5.74) is 0.229. The molecule has 1 aliphatic heterocycles. The van der Waals surface area contributed by atoms with E-state index in [2.05, 4.69) is 19.2 Å². The van der Waals surface area contributed by atoms with Crippen LogP contribution in [0, 0.1) is 11.8 Å². The second-order valence-electron chi connectivity index (χ2n) is 7.15. The van der Waals surface area contributed by atoms with Gasteiger partial charge in [-0.15, -0.1) is 0 Å². The van der Waals surface area contributed by atoms with Crippen LogP contribution in [0.15, 0.2) is 30.3 Å². The van der Waals surface area contributed by atoms with Crippen molar-refractivity contribution >= 4 is 12.1 Å². The minimum absolute atomic E-state index is 0.0446. The van der Waals surface area contributed by atoms with Crippen LogP contribution in [0.4, 0.5) is 4.79 Å². The van der Waals surface area contributed by atoms with Crippen molar-refractivity contribution in [1.82, 2.24) is 5.32 Å². The Hall–Kier alpha value is -2.04. The zero-order valence-corrected chi connectivity index (χ0v) is 14.9. The van der Waals surface area contributed by atoms with Crippen molar-refractivity contribution in [3.05, 3.63) is 35.9 Å². The number of benzene rings is 1. The summed E-state index contributed by atoms with van der Waals surface area (Å²) < 4.78 is 10.9. The van der Waals surface area contributed by atoms with Crippen molar-refractivity contribution < 1.29 is 19.1 Å². The first-order chi connectivity index (χ1) is 11.3. The first kappa shape index (κ1) is 18.3. The molecule has 0 bridgehead atoms. The summed E-state index contributed by atoms with van der Waals surface area (Å²) in [5.74, 6) is 0.189. The number of amides is 1. The van der Waals surface area contributed by atoms with Crippen molar-refractivity contribution in [3.8, 4) is 0 Å². The molecule has 0 unspecified atom stereocenters. The maximum Gasteiger partial charge on any atom is 0.407 e. The van der Waals surface area contributed by atoms with Gasteiger partial charge in [0.05, 0.1) is 12.5 Å². The minimum atomic E-state index is -0.701. The van der Waals surface area contributed by atoms with Crippen molar-refractivity contribution in [1.29, 1.82) is 0 Å². The number of carbonyl (C=O) groups is 2. The van der Waals surface area contributed by atoms with Gasteiger partial charge in [0.2, 0.25) is 0 Å². The topological polar surface area (TPSA) is 64.6 Å². The molecule has 1 fully saturated rings. The second kappa shape index (κ2) is 7.69. The van der Waals surface area contributed by atoms with E-state index >= 15 is 0 Å². The zero-order valence-electron chi connectivity index (χ0n) is 14.9. The van der Waals surface area contributed by atoms with E-state index in [1.54, 1.807) is 0 Å². The Bertz CT molecular complexity index is 572. The van der Waals surface area contributed by atoms with Gasteiger partial charge in [-0.25, -0.2) is 4.79 Å². The van der Waals surface area contributed by atoms with Crippen LogP contribution in [0.3, 0.4) is 0 Å². The van der Waals surface area contributed by atoms with Crippen LogP contribution >= 0.6 is 0 Å². The van der Waals surface area contributed by atoms with Gasteiger partial charge in [0.1, 0.15) is 12.2 Å². The predicted octanol–water partition coefficient (Wildman–Crippen LogP) is 3.67. The lowest BCUT2D eigenvalue weighted by Gasteiger charge is -2.37. The Morgan fingerprint density at radius 2 is 2.04 bits per heavy atom. The third-order valence-corrected chi connectivity index (χ3v) is 4.69. The summed E-state index contributed by atoms with van der Waals surface area (Å²) in [6.07, 6.45) is 0.612. The molecule has 1 amide bonds. The molecule has 5 nitrogen and oxygen atoms in total.